The number of rotatable bonds is 14. The third-order valence-corrected chi connectivity index (χ3v) is 12.4. The maximum Gasteiger partial charge on any atom is 0.339 e. The molecule has 2 fully saturated rings. The molecule has 6 amide bonds. The molecule has 22 heteroatoms. The molecule has 0 saturated heterocycles. The largest absolute Gasteiger partial charge is 0.478 e. The van der Waals surface area contributed by atoms with E-state index in [-0.39, 0.29) is 41.1 Å². The lowest BCUT2D eigenvalue weighted by Gasteiger charge is -2.11. The van der Waals surface area contributed by atoms with Crippen molar-refractivity contribution in [3.8, 4) is 43.4 Å². The van der Waals surface area contributed by atoms with Crippen LogP contribution in [0.4, 0.5) is 21.2 Å². The van der Waals surface area contributed by atoms with E-state index < -0.39 is 18.0 Å². The van der Waals surface area contributed by atoms with Gasteiger partial charge in [-0.15, -0.1) is 22.7 Å². The number of pyridine rings is 4. The normalized spacial score (nSPS) is 12.7. The Bertz CT molecular complexity index is 2880. The highest BCUT2D eigenvalue weighted by atomic mass is 32.1. The lowest BCUT2D eigenvalue weighted by atomic mass is 10.0. The van der Waals surface area contributed by atoms with Crippen LogP contribution in [0.5, 0.6) is 0 Å². The van der Waals surface area contributed by atoms with E-state index in [4.69, 9.17) is 4.74 Å². The standard InChI is InChI=1S/C23H24N6O4S.C22H22N6O4S/c1-4-25-23(32)29-18-8-16(21-27-12(2)19(34-21)20(30)28-15-5-6-15)17(11-26-18)13-7-14(10-24-9-13)22(31)33-3;1-3-24-22(32)28-17-7-15(16(10-25-17)12-6-13(21(30)31)9-23-8-12)20-26-11(2)18(33-20)19(29)27-14-4-5-14/h7-11,15H,4-6H2,1-3H3,(H,28,30)(H2,25,26,29,32);6-10,14H,3-5H2,1-2H3,(H,27,29)(H,30,31)(H2,24,25,28,32). The first-order chi connectivity index (χ1) is 32.2. The number of anilines is 2. The first-order valence-electron chi connectivity index (χ1n) is 21.1. The molecule has 20 nitrogen and oxygen atoms in total. The number of carbonyl (C=O) groups is 6. The first kappa shape index (κ1) is 47.2. The number of nitrogens with zero attached hydrogens (tertiary/aromatic N) is 6. The highest BCUT2D eigenvalue weighted by Gasteiger charge is 2.28. The quantitative estimate of drug-likeness (QED) is 0.0560. The Labute approximate surface area is 391 Å². The lowest BCUT2D eigenvalue weighted by Crippen LogP contribution is -2.28. The van der Waals surface area contributed by atoms with Crippen LogP contribution in [0, 0.1) is 13.8 Å². The molecule has 2 saturated carbocycles. The van der Waals surface area contributed by atoms with Crippen LogP contribution in [0.1, 0.15) is 91.0 Å². The molecule has 0 atom stereocenters. The number of thiazole rings is 2. The van der Waals surface area contributed by atoms with Crippen LogP contribution in [0.3, 0.4) is 0 Å². The monoisotopic (exact) mass is 946 g/mol. The molecule has 346 valence electrons. The van der Waals surface area contributed by atoms with Crippen LogP contribution >= 0.6 is 22.7 Å². The maximum absolute atomic E-state index is 12.7. The summed E-state index contributed by atoms with van der Waals surface area (Å²) in [5, 5.41) is 27.1. The van der Waals surface area contributed by atoms with Gasteiger partial charge in [0.1, 0.15) is 31.4 Å². The summed E-state index contributed by atoms with van der Waals surface area (Å²) in [5.41, 5.74) is 5.12. The number of esters is 1. The van der Waals surface area contributed by atoms with E-state index in [9.17, 15) is 33.9 Å². The summed E-state index contributed by atoms with van der Waals surface area (Å²) < 4.78 is 4.81. The van der Waals surface area contributed by atoms with Gasteiger partial charge in [-0.05, 0) is 77.6 Å². The third kappa shape index (κ3) is 12.0. The molecule has 7 N–H and O–H groups in total. The van der Waals surface area contributed by atoms with Gasteiger partial charge in [0.2, 0.25) is 0 Å². The van der Waals surface area contributed by atoms with E-state index in [0.29, 0.717) is 89.3 Å². The van der Waals surface area contributed by atoms with Crippen LogP contribution in [-0.4, -0.2) is 103 Å². The zero-order valence-corrected chi connectivity index (χ0v) is 38.6. The Morgan fingerprint density at radius 1 is 0.627 bits per heavy atom. The Balaban J connectivity index is 0.000000199. The molecule has 0 spiro atoms. The first-order valence-corrected chi connectivity index (χ1v) is 22.8. The predicted octanol–water partition coefficient (Wildman–Crippen LogP) is 6.70. The van der Waals surface area contributed by atoms with E-state index >= 15 is 0 Å². The van der Waals surface area contributed by atoms with E-state index in [0.717, 1.165) is 25.7 Å². The Hall–Kier alpha value is -7.72. The molecular formula is C45H46N12O8S2. The molecule has 0 unspecified atom stereocenters. The summed E-state index contributed by atoms with van der Waals surface area (Å²) in [6.07, 6.45) is 12.9. The topological polar surface area (TPSA) is 281 Å². The molecule has 0 aromatic carbocycles. The van der Waals surface area contributed by atoms with E-state index in [1.165, 1.54) is 60.6 Å². The van der Waals surface area contributed by atoms with Crippen molar-refractivity contribution in [2.45, 2.75) is 65.5 Å². The average Bonchev–Trinajstić information content (AvgIpc) is 4.24. The number of ether oxygens (including phenoxy) is 1. The number of urea groups is 2. The lowest BCUT2D eigenvalue weighted by molar-refractivity contribution is 0.0599. The number of carboxylic acid groups (broad SMARTS) is 1. The number of amides is 6. The predicted molar refractivity (Wildman–Crippen MR) is 251 cm³/mol. The second-order valence-electron chi connectivity index (χ2n) is 15.3. The molecule has 2 aliphatic carbocycles. The minimum absolute atomic E-state index is 0.0304. The van der Waals surface area contributed by atoms with Crippen LogP contribution < -0.4 is 31.9 Å². The smallest absolute Gasteiger partial charge is 0.339 e. The van der Waals surface area contributed by atoms with Gasteiger partial charge >= 0.3 is 24.0 Å². The van der Waals surface area contributed by atoms with Gasteiger partial charge in [-0.2, -0.15) is 0 Å². The van der Waals surface area contributed by atoms with Gasteiger partial charge in [-0.1, -0.05) is 0 Å². The van der Waals surface area contributed by atoms with Crippen LogP contribution in [0.2, 0.25) is 0 Å². The number of methoxy groups -OCH3 is 1. The zero-order valence-electron chi connectivity index (χ0n) is 37.0. The summed E-state index contributed by atoms with van der Waals surface area (Å²) in [7, 11) is 1.30. The molecule has 6 aromatic heterocycles. The molecule has 0 aliphatic heterocycles. The van der Waals surface area contributed by atoms with E-state index in [2.05, 4.69) is 61.8 Å². The summed E-state index contributed by atoms with van der Waals surface area (Å²) in [5.74, 6) is -1.31. The summed E-state index contributed by atoms with van der Waals surface area (Å²) >= 11 is 2.49. The number of carboxylic acids is 1. The van der Waals surface area contributed by atoms with Crippen molar-refractivity contribution in [3.05, 3.63) is 93.7 Å². The van der Waals surface area contributed by atoms with Crippen molar-refractivity contribution in [2.24, 2.45) is 0 Å². The number of carbonyl (C=O) groups excluding carboxylic acids is 5. The fourth-order valence-corrected chi connectivity index (χ4v) is 8.43. The number of hydrogen-bond acceptors (Lipinski definition) is 15. The van der Waals surface area contributed by atoms with Crippen LogP contribution in [0.15, 0.2) is 61.4 Å². The number of aryl methyl sites for hydroxylation is 2. The molecule has 2 aliphatic rings. The summed E-state index contributed by atoms with van der Waals surface area (Å²) in [4.78, 5) is 99.9. The molecule has 6 heterocycles. The van der Waals surface area contributed by atoms with Gasteiger partial charge in [0.25, 0.3) is 11.8 Å². The van der Waals surface area contributed by atoms with Crippen LogP contribution in [0.25, 0.3) is 43.4 Å². The minimum atomic E-state index is -1.10. The van der Waals surface area contributed by atoms with Gasteiger partial charge in [0.15, 0.2) is 0 Å². The summed E-state index contributed by atoms with van der Waals surface area (Å²) in [6.45, 7) is 8.09. The number of aromatic carboxylic acids is 1. The van der Waals surface area contributed by atoms with Crippen molar-refractivity contribution in [1.82, 2.24) is 51.2 Å². The van der Waals surface area contributed by atoms with Gasteiger partial charge < -0.3 is 31.1 Å². The Kier molecular flexibility index (Phi) is 14.9. The molecule has 67 heavy (non-hydrogen) atoms. The van der Waals surface area contributed by atoms with Gasteiger partial charge in [0, 0.05) is 95.7 Å². The van der Waals surface area contributed by atoms with Gasteiger partial charge in [-0.3, -0.25) is 30.2 Å². The second kappa shape index (κ2) is 21.1. The van der Waals surface area contributed by atoms with E-state index in [1.54, 1.807) is 51.4 Å². The molecule has 0 radical (unpaired) electrons. The molecular weight excluding hydrogens is 901 g/mol. The third-order valence-electron chi connectivity index (χ3n) is 10.0. The Morgan fingerprint density at radius 2 is 1.06 bits per heavy atom. The highest BCUT2D eigenvalue weighted by molar-refractivity contribution is 7.17. The maximum atomic E-state index is 12.7. The molecule has 0 bridgehead atoms. The fraction of sp³-hybridized carbons (Fsp3) is 0.289. The summed E-state index contributed by atoms with van der Waals surface area (Å²) in [6, 6.07) is 6.15. The van der Waals surface area contributed by atoms with Crippen LogP contribution in [-0.2, 0) is 4.74 Å². The zero-order chi connectivity index (χ0) is 47.8. The second-order valence-corrected chi connectivity index (χ2v) is 17.3. The van der Waals surface area contributed by atoms with Gasteiger partial charge in [0.05, 0.1) is 29.6 Å². The molecule has 6 aromatic rings. The molecule has 8 rings (SSSR count). The minimum Gasteiger partial charge on any atom is -0.478 e. The Morgan fingerprint density at radius 3 is 1.46 bits per heavy atom. The van der Waals surface area contributed by atoms with Crippen molar-refractivity contribution < 1.29 is 38.6 Å². The van der Waals surface area contributed by atoms with Crippen molar-refractivity contribution in [2.75, 3.05) is 30.8 Å². The van der Waals surface area contributed by atoms with Gasteiger partial charge in [-0.25, -0.2) is 39.1 Å². The fourth-order valence-electron chi connectivity index (χ4n) is 6.43. The van der Waals surface area contributed by atoms with Crippen molar-refractivity contribution in [1.29, 1.82) is 0 Å². The number of aromatic nitrogens is 6. The average molecular weight is 947 g/mol. The number of hydrogen-bond donors (Lipinski definition) is 7. The number of nitrogens with one attached hydrogen (secondary N) is 6. The van der Waals surface area contributed by atoms with Crippen molar-refractivity contribution in [3.63, 3.8) is 0 Å². The van der Waals surface area contributed by atoms with E-state index in [1.807, 2.05) is 6.92 Å². The van der Waals surface area contributed by atoms with Crippen molar-refractivity contribution >= 4 is 70.1 Å². The SMILES string of the molecule is CCNC(=O)Nc1cc(-c2nc(C)c(C(=O)NC3CC3)s2)c(-c2cncc(C(=O)O)c2)cn1.CCNC(=O)Nc1cc(-c2nc(C)c(C(=O)NC3CC3)s2)c(-c2cncc(C(=O)OC)c2)cn1. The highest BCUT2D eigenvalue weighted by Crippen LogP contribution is 2.39.